The molecule has 0 spiro atoms. The van der Waals surface area contributed by atoms with Crippen LogP contribution >= 0.6 is 0 Å². The summed E-state index contributed by atoms with van der Waals surface area (Å²) < 4.78 is 18.7. The second kappa shape index (κ2) is 8.85. The van der Waals surface area contributed by atoms with Crippen molar-refractivity contribution in [1.29, 1.82) is 0 Å². The fraction of sp³-hybridized carbons (Fsp3) is 0.250. The third-order valence-electron chi connectivity index (χ3n) is 5.85. The number of halogens is 1. The van der Waals surface area contributed by atoms with Crippen molar-refractivity contribution < 1.29 is 13.9 Å². The standard InChI is InChI=1S/C24H23FN6O2/c1-15-12-27-22-21(15)23(29-14-28-22)31-9-7-16(8-10-31)24(32)30-17-3-2-4-18(11-17)33-19-5-6-20(25)26-13-19/h2-6,11-14,16H,7-10H2,1H3,(H,30,32)(H,27,28,29). The third-order valence-corrected chi connectivity index (χ3v) is 5.85. The predicted molar refractivity (Wildman–Crippen MR) is 123 cm³/mol. The second-order valence-corrected chi connectivity index (χ2v) is 8.09. The van der Waals surface area contributed by atoms with Gasteiger partial charge in [-0.2, -0.15) is 4.39 Å². The monoisotopic (exact) mass is 446 g/mol. The molecule has 4 aromatic rings. The van der Waals surface area contributed by atoms with E-state index in [2.05, 4.69) is 30.2 Å². The molecule has 3 aromatic heterocycles. The number of fused-ring (bicyclic) bond motifs is 1. The van der Waals surface area contributed by atoms with Gasteiger partial charge in [-0.05, 0) is 49.6 Å². The van der Waals surface area contributed by atoms with Crippen LogP contribution in [0.15, 0.2) is 55.1 Å². The summed E-state index contributed by atoms with van der Waals surface area (Å²) in [4.78, 5) is 30.7. The summed E-state index contributed by atoms with van der Waals surface area (Å²) in [6.07, 6.45) is 6.29. The number of nitrogens with one attached hydrogen (secondary N) is 2. The molecular formula is C24H23FN6O2. The molecule has 33 heavy (non-hydrogen) atoms. The van der Waals surface area contributed by atoms with E-state index < -0.39 is 5.95 Å². The van der Waals surface area contributed by atoms with E-state index in [1.165, 1.54) is 18.3 Å². The van der Waals surface area contributed by atoms with Crippen molar-refractivity contribution in [3.8, 4) is 11.5 Å². The zero-order valence-electron chi connectivity index (χ0n) is 18.1. The first kappa shape index (κ1) is 20.9. The lowest BCUT2D eigenvalue weighted by Crippen LogP contribution is -2.38. The molecule has 8 nitrogen and oxygen atoms in total. The van der Waals surface area contributed by atoms with Crippen molar-refractivity contribution in [3.63, 3.8) is 0 Å². The summed E-state index contributed by atoms with van der Waals surface area (Å²) in [5.74, 6) is 1.20. The van der Waals surface area contributed by atoms with Gasteiger partial charge >= 0.3 is 0 Å². The van der Waals surface area contributed by atoms with Crippen LogP contribution in [0.5, 0.6) is 11.5 Å². The number of aromatic amines is 1. The zero-order valence-corrected chi connectivity index (χ0v) is 18.1. The average Bonchev–Trinajstić information content (AvgIpc) is 3.22. The van der Waals surface area contributed by atoms with E-state index in [1.54, 1.807) is 24.5 Å². The number of pyridine rings is 1. The third kappa shape index (κ3) is 4.48. The summed E-state index contributed by atoms with van der Waals surface area (Å²) in [6.45, 7) is 3.53. The van der Waals surface area contributed by atoms with Crippen molar-refractivity contribution in [3.05, 3.63) is 66.6 Å². The van der Waals surface area contributed by atoms with Crippen LogP contribution in [-0.2, 0) is 4.79 Å². The SMILES string of the molecule is Cc1c[nH]c2ncnc(N3CCC(C(=O)Nc4cccc(Oc5ccc(F)nc5)c4)CC3)c12. The molecule has 4 heterocycles. The number of carbonyl (C=O) groups excluding carboxylic acids is 1. The van der Waals surface area contributed by atoms with E-state index in [1.807, 2.05) is 19.2 Å². The number of piperidine rings is 1. The number of H-pyrrole nitrogens is 1. The largest absolute Gasteiger partial charge is 0.456 e. The number of aryl methyl sites for hydroxylation is 1. The van der Waals surface area contributed by atoms with Crippen molar-refractivity contribution in [1.82, 2.24) is 19.9 Å². The van der Waals surface area contributed by atoms with Gasteiger partial charge < -0.3 is 19.9 Å². The van der Waals surface area contributed by atoms with Gasteiger partial charge in [0.25, 0.3) is 0 Å². The van der Waals surface area contributed by atoms with Gasteiger partial charge in [0.15, 0.2) is 0 Å². The van der Waals surface area contributed by atoms with Crippen LogP contribution in [-0.4, -0.2) is 38.9 Å². The highest BCUT2D eigenvalue weighted by atomic mass is 19.1. The van der Waals surface area contributed by atoms with E-state index >= 15 is 0 Å². The highest BCUT2D eigenvalue weighted by Crippen LogP contribution is 2.30. The fourth-order valence-corrected chi connectivity index (χ4v) is 4.13. The molecule has 2 N–H and O–H groups in total. The van der Waals surface area contributed by atoms with E-state index in [4.69, 9.17) is 4.74 Å². The normalized spacial score (nSPS) is 14.4. The van der Waals surface area contributed by atoms with Gasteiger partial charge in [-0.25, -0.2) is 15.0 Å². The Morgan fingerprint density at radius 3 is 2.79 bits per heavy atom. The van der Waals surface area contributed by atoms with Gasteiger partial charge in [0, 0.05) is 37.0 Å². The maximum atomic E-state index is 13.0. The molecule has 1 fully saturated rings. The number of nitrogens with zero attached hydrogens (tertiary/aromatic N) is 4. The average molecular weight is 446 g/mol. The molecule has 1 aliphatic rings. The van der Waals surface area contributed by atoms with Crippen LogP contribution in [0.25, 0.3) is 11.0 Å². The molecule has 0 aliphatic carbocycles. The zero-order chi connectivity index (χ0) is 22.8. The van der Waals surface area contributed by atoms with E-state index in [0.29, 0.717) is 17.2 Å². The van der Waals surface area contributed by atoms with Gasteiger partial charge in [0.05, 0.1) is 11.6 Å². The molecule has 0 saturated carbocycles. The van der Waals surface area contributed by atoms with Gasteiger partial charge in [0.1, 0.15) is 29.3 Å². The first-order valence-corrected chi connectivity index (χ1v) is 10.8. The Hall–Kier alpha value is -4.01. The molecule has 1 aliphatic heterocycles. The topological polar surface area (TPSA) is 96.0 Å². The molecule has 0 radical (unpaired) electrons. The Morgan fingerprint density at radius 2 is 2.00 bits per heavy atom. The molecule has 9 heteroatoms. The Kier molecular flexibility index (Phi) is 5.60. The highest BCUT2D eigenvalue weighted by Gasteiger charge is 2.27. The smallest absolute Gasteiger partial charge is 0.227 e. The van der Waals surface area contributed by atoms with Crippen molar-refractivity contribution in [2.75, 3.05) is 23.3 Å². The maximum Gasteiger partial charge on any atom is 0.227 e. The number of amides is 1. The minimum Gasteiger partial charge on any atom is -0.456 e. The van der Waals surface area contributed by atoms with E-state index in [-0.39, 0.29) is 11.8 Å². The Morgan fingerprint density at radius 1 is 1.15 bits per heavy atom. The molecule has 0 bridgehead atoms. The molecule has 168 valence electrons. The highest BCUT2D eigenvalue weighted by molar-refractivity contribution is 5.93. The summed E-state index contributed by atoms with van der Waals surface area (Å²) in [6, 6.07) is 9.85. The lowest BCUT2D eigenvalue weighted by molar-refractivity contribution is -0.120. The predicted octanol–water partition coefficient (Wildman–Crippen LogP) is 4.45. The number of hydrogen-bond acceptors (Lipinski definition) is 6. The summed E-state index contributed by atoms with van der Waals surface area (Å²) in [5.41, 5.74) is 2.59. The van der Waals surface area contributed by atoms with Crippen molar-refractivity contribution >= 4 is 28.4 Å². The number of benzene rings is 1. The van der Waals surface area contributed by atoms with Crippen LogP contribution < -0.4 is 15.0 Å². The molecule has 1 amide bonds. The molecule has 0 unspecified atom stereocenters. The minimum absolute atomic E-state index is 0.0130. The lowest BCUT2D eigenvalue weighted by Gasteiger charge is -2.32. The Balaban J connectivity index is 1.21. The summed E-state index contributed by atoms with van der Waals surface area (Å²) in [5, 5.41) is 4.03. The lowest BCUT2D eigenvalue weighted by atomic mass is 9.95. The molecule has 5 rings (SSSR count). The Bertz CT molecular complexity index is 1280. The van der Waals surface area contributed by atoms with Crippen LogP contribution in [0.2, 0.25) is 0 Å². The van der Waals surface area contributed by atoms with Crippen LogP contribution in [0.3, 0.4) is 0 Å². The Labute approximate surface area is 189 Å². The van der Waals surface area contributed by atoms with E-state index in [0.717, 1.165) is 48.3 Å². The van der Waals surface area contributed by atoms with Crippen molar-refractivity contribution in [2.45, 2.75) is 19.8 Å². The van der Waals surface area contributed by atoms with Crippen molar-refractivity contribution in [2.24, 2.45) is 5.92 Å². The molecule has 1 aromatic carbocycles. The van der Waals surface area contributed by atoms with Gasteiger partial charge in [0.2, 0.25) is 11.9 Å². The second-order valence-electron chi connectivity index (χ2n) is 8.09. The number of rotatable bonds is 5. The molecule has 0 atom stereocenters. The van der Waals surface area contributed by atoms with E-state index in [9.17, 15) is 9.18 Å². The quantitative estimate of drug-likeness (QED) is 0.440. The van der Waals surface area contributed by atoms with Crippen LogP contribution in [0.4, 0.5) is 15.9 Å². The van der Waals surface area contributed by atoms with Gasteiger partial charge in [-0.3, -0.25) is 4.79 Å². The number of aromatic nitrogens is 4. The number of anilines is 2. The first-order chi connectivity index (χ1) is 16.1. The van der Waals surface area contributed by atoms with Crippen LogP contribution in [0.1, 0.15) is 18.4 Å². The molecular weight excluding hydrogens is 423 g/mol. The minimum atomic E-state index is -0.568. The number of carbonyl (C=O) groups is 1. The summed E-state index contributed by atoms with van der Waals surface area (Å²) in [7, 11) is 0. The fourth-order valence-electron chi connectivity index (χ4n) is 4.13. The van der Waals surface area contributed by atoms with Gasteiger partial charge in [-0.15, -0.1) is 0 Å². The van der Waals surface area contributed by atoms with Crippen LogP contribution in [0, 0.1) is 18.8 Å². The summed E-state index contributed by atoms with van der Waals surface area (Å²) >= 11 is 0. The first-order valence-electron chi connectivity index (χ1n) is 10.8. The molecule has 1 saturated heterocycles. The maximum absolute atomic E-state index is 13.0. The number of hydrogen-bond donors (Lipinski definition) is 2. The van der Waals surface area contributed by atoms with Gasteiger partial charge in [-0.1, -0.05) is 6.07 Å². The number of ether oxygens (including phenoxy) is 1.